The van der Waals surface area contributed by atoms with Crippen LogP contribution in [-0.2, 0) is 16.6 Å². The lowest BCUT2D eigenvalue weighted by atomic mass is 9.93. The molecular weight excluding hydrogens is 404 g/mol. The van der Waals surface area contributed by atoms with Gasteiger partial charge in [0.1, 0.15) is 5.76 Å². The van der Waals surface area contributed by atoms with Gasteiger partial charge >= 0.3 is 0 Å². The minimum atomic E-state index is -0.213. The first-order chi connectivity index (χ1) is 15.3. The Bertz CT molecular complexity index is 1270. The molecule has 2 amide bonds. The summed E-state index contributed by atoms with van der Waals surface area (Å²) in [5.74, 6) is 0.692. The molecule has 2 heterocycles. The average molecular weight is 428 g/mol. The lowest BCUT2D eigenvalue weighted by Gasteiger charge is -2.12. The standard InChI is InChI=1S/C25H24N4O3/c1-25(2,3)21-15-22(29-32-21)28-23(30)14-16-8-10-17(11-9-16)27-24(31)19-12-13-26-20-7-5-4-6-18(19)20/h4-13,15H,14H2,1-3H3,(H,27,31)(H,28,29,30). The fraction of sp³-hybridized carbons (Fsp3) is 0.200. The molecule has 2 aromatic carbocycles. The van der Waals surface area contributed by atoms with Gasteiger partial charge in [0.05, 0.1) is 17.5 Å². The molecule has 2 N–H and O–H groups in total. The van der Waals surface area contributed by atoms with Gasteiger partial charge < -0.3 is 15.2 Å². The Morgan fingerprint density at radius 2 is 1.72 bits per heavy atom. The first-order valence-corrected chi connectivity index (χ1v) is 10.3. The van der Waals surface area contributed by atoms with Crippen molar-refractivity contribution >= 4 is 34.2 Å². The fourth-order valence-electron chi connectivity index (χ4n) is 3.26. The summed E-state index contributed by atoms with van der Waals surface area (Å²) in [4.78, 5) is 29.4. The van der Waals surface area contributed by atoms with Crippen LogP contribution in [0.3, 0.4) is 0 Å². The van der Waals surface area contributed by atoms with Crippen LogP contribution in [0, 0.1) is 0 Å². The zero-order valence-electron chi connectivity index (χ0n) is 18.2. The third-order valence-corrected chi connectivity index (χ3v) is 4.99. The van der Waals surface area contributed by atoms with Gasteiger partial charge in [-0.2, -0.15) is 0 Å². The van der Waals surface area contributed by atoms with E-state index in [9.17, 15) is 9.59 Å². The maximum absolute atomic E-state index is 12.7. The molecule has 2 aromatic heterocycles. The number of nitrogens with one attached hydrogen (secondary N) is 2. The first kappa shape index (κ1) is 21.2. The molecule has 0 saturated heterocycles. The molecule has 0 aliphatic heterocycles. The highest BCUT2D eigenvalue weighted by atomic mass is 16.5. The summed E-state index contributed by atoms with van der Waals surface area (Å²) in [7, 11) is 0. The summed E-state index contributed by atoms with van der Waals surface area (Å²) in [6.07, 6.45) is 1.80. The molecule has 4 aromatic rings. The molecule has 0 bridgehead atoms. The van der Waals surface area contributed by atoms with Crippen LogP contribution in [-0.4, -0.2) is 22.0 Å². The molecule has 0 aliphatic carbocycles. The summed E-state index contributed by atoms with van der Waals surface area (Å²) in [6, 6.07) is 18.1. The Hall–Kier alpha value is -4.00. The fourth-order valence-corrected chi connectivity index (χ4v) is 3.26. The predicted molar refractivity (Wildman–Crippen MR) is 124 cm³/mol. The van der Waals surface area contributed by atoms with Crippen LogP contribution in [0.1, 0.15) is 42.5 Å². The number of aromatic nitrogens is 2. The van der Waals surface area contributed by atoms with Crippen molar-refractivity contribution in [2.75, 3.05) is 10.6 Å². The van der Waals surface area contributed by atoms with Crippen molar-refractivity contribution < 1.29 is 14.1 Å². The highest BCUT2D eigenvalue weighted by molar-refractivity contribution is 6.12. The van der Waals surface area contributed by atoms with E-state index >= 15 is 0 Å². The number of pyridine rings is 1. The van der Waals surface area contributed by atoms with E-state index < -0.39 is 0 Å². The van der Waals surface area contributed by atoms with Gasteiger partial charge in [-0.1, -0.05) is 56.3 Å². The average Bonchev–Trinajstić information content (AvgIpc) is 3.23. The number of carbonyl (C=O) groups is 2. The molecule has 4 rings (SSSR count). The number of hydrogen-bond donors (Lipinski definition) is 2. The van der Waals surface area contributed by atoms with E-state index in [1.165, 1.54) is 0 Å². The number of rotatable bonds is 5. The van der Waals surface area contributed by atoms with E-state index in [-0.39, 0.29) is 23.7 Å². The predicted octanol–water partition coefficient (Wildman–Crippen LogP) is 4.95. The first-order valence-electron chi connectivity index (χ1n) is 10.3. The molecule has 0 radical (unpaired) electrons. The van der Waals surface area contributed by atoms with E-state index in [1.807, 2.05) is 57.2 Å². The van der Waals surface area contributed by atoms with Crippen LogP contribution in [0.25, 0.3) is 10.9 Å². The quantitative estimate of drug-likeness (QED) is 0.469. The van der Waals surface area contributed by atoms with Crippen molar-refractivity contribution in [3.8, 4) is 0 Å². The largest absolute Gasteiger partial charge is 0.359 e. The zero-order chi connectivity index (χ0) is 22.7. The lowest BCUT2D eigenvalue weighted by molar-refractivity contribution is -0.115. The van der Waals surface area contributed by atoms with Crippen LogP contribution < -0.4 is 10.6 Å². The monoisotopic (exact) mass is 428 g/mol. The molecule has 0 aliphatic rings. The van der Waals surface area contributed by atoms with E-state index in [0.29, 0.717) is 22.8 Å². The minimum absolute atomic E-state index is 0.181. The molecular formula is C25H24N4O3. The Kier molecular flexibility index (Phi) is 5.73. The number of carbonyl (C=O) groups excluding carboxylic acids is 2. The Morgan fingerprint density at radius 3 is 2.44 bits per heavy atom. The highest BCUT2D eigenvalue weighted by Gasteiger charge is 2.20. The van der Waals surface area contributed by atoms with Gasteiger partial charge in [-0.3, -0.25) is 14.6 Å². The minimum Gasteiger partial charge on any atom is -0.359 e. The zero-order valence-corrected chi connectivity index (χ0v) is 18.2. The van der Waals surface area contributed by atoms with Gasteiger partial charge in [0.15, 0.2) is 5.82 Å². The molecule has 0 saturated carbocycles. The normalized spacial score (nSPS) is 11.3. The van der Waals surface area contributed by atoms with Crippen molar-refractivity contribution in [2.45, 2.75) is 32.6 Å². The number of fused-ring (bicyclic) bond motifs is 1. The second-order valence-corrected chi connectivity index (χ2v) is 8.58. The maximum atomic E-state index is 12.7. The van der Waals surface area contributed by atoms with E-state index in [2.05, 4.69) is 20.8 Å². The molecule has 0 fully saturated rings. The molecule has 7 nitrogen and oxygen atoms in total. The van der Waals surface area contributed by atoms with Crippen LogP contribution in [0.15, 0.2) is 71.4 Å². The Balaban J connectivity index is 1.38. The van der Waals surface area contributed by atoms with Crippen LogP contribution in [0.5, 0.6) is 0 Å². The molecule has 0 spiro atoms. The molecule has 162 valence electrons. The van der Waals surface area contributed by atoms with Crippen LogP contribution in [0.2, 0.25) is 0 Å². The Labute approximate surface area is 185 Å². The summed E-state index contributed by atoms with van der Waals surface area (Å²) in [6.45, 7) is 6.03. The van der Waals surface area contributed by atoms with E-state index in [4.69, 9.17) is 4.52 Å². The summed E-state index contributed by atoms with van der Waals surface area (Å²) < 4.78 is 5.29. The number of nitrogens with zero attached hydrogens (tertiary/aromatic N) is 2. The van der Waals surface area contributed by atoms with Gasteiger partial charge in [-0.15, -0.1) is 0 Å². The van der Waals surface area contributed by atoms with Crippen LogP contribution >= 0.6 is 0 Å². The molecule has 0 atom stereocenters. The molecule has 0 unspecified atom stereocenters. The third-order valence-electron chi connectivity index (χ3n) is 4.99. The van der Waals surface area contributed by atoms with E-state index in [1.54, 1.807) is 30.5 Å². The lowest BCUT2D eigenvalue weighted by Crippen LogP contribution is -2.15. The van der Waals surface area contributed by atoms with Gasteiger partial charge in [0.25, 0.3) is 5.91 Å². The van der Waals surface area contributed by atoms with Gasteiger partial charge in [-0.05, 0) is 29.8 Å². The number of para-hydroxylation sites is 1. The second kappa shape index (κ2) is 8.63. The third kappa shape index (κ3) is 4.83. The van der Waals surface area contributed by atoms with E-state index in [0.717, 1.165) is 16.5 Å². The second-order valence-electron chi connectivity index (χ2n) is 8.58. The summed E-state index contributed by atoms with van der Waals surface area (Å²) in [5.41, 5.74) is 2.60. The number of anilines is 2. The summed E-state index contributed by atoms with van der Waals surface area (Å²) >= 11 is 0. The number of hydrogen-bond acceptors (Lipinski definition) is 5. The molecule has 32 heavy (non-hydrogen) atoms. The van der Waals surface area contributed by atoms with Crippen LogP contribution in [0.4, 0.5) is 11.5 Å². The van der Waals surface area contributed by atoms with Crippen molar-refractivity contribution in [3.05, 3.63) is 83.7 Å². The van der Waals surface area contributed by atoms with Gasteiger partial charge in [0.2, 0.25) is 5.91 Å². The topological polar surface area (TPSA) is 97.1 Å². The van der Waals surface area contributed by atoms with Crippen molar-refractivity contribution in [1.29, 1.82) is 0 Å². The summed E-state index contributed by atoms with van der Waals surface area (Å²) in [5, 5.41) is 10.3. The SMILES string of the molecule is CC(C)(C)c1cc(NC(=O)Cc2ccc(NC(=O)c3ccnc4ccccc34)cc2)no1. The smallest absolute Gasteiger partial charge is 0.256 e. The Morgan fingerprint density at radius 1 is 0.969 bits per heavy atom. The number of benzene rings is 2. The molecule has 7 heteroatoms. The maximum Gasteiger partial charge on any atom is 0.256 e. The van der Waals surface area contributed by atoms with Gasteiger partial charge in [0, 0.05) is 28.8 Å². The number of amides is 2. The van der Waals surface area contributed by atoms with Crippen molar-refractivity contribution in [1.82, 2.24) is 10.1 Å². The highest BCUT2D eigenvalue weighted by Crippen LogP contribution is 2.24. The van der Waals surface area contributed by atoms with Crippen molar-refractivity contribution in [2.24, 2.45) is 0 Å². The van der Waals surface area contributed by atoms with Crippen molar-refractivity contribution in [3.63, 3.8) is 0 Å². The van der Waals surface area contributed by atoms with Gasteiger partial charge in [-0.25, -0.2) is 0 Å².